The molecule has 1 aromatic heterocycles. The summed E-state index contributed by atoms with van der Waals surface area (Å²) in [5.41, 5.74) is 1.07. The Hall–Kier alpha value is -1.81. The fraction of sp³-hybridized carbons (Fsp3) is 0.0714. The molecule has 0 amide bonds. The minimum absolute atomic E-state index is 0.125. The molecule has 2 heterocycles. The maximum absolute atomic E-state index is 13.2. The molecule has 0 N–H and O–H groups in total. The number of carbonyl (C=O) groups excluding carboxylic acids is 1. The fourth-order valence-electron chi connectivity index (χ4n) is 1.85. The molecule has 0 saturated carbocycles. The van der Waals surface area contributed by atoms with E-state index >= 15 is 0 Å². The van der Waals surface area contributed by atoms with E-state index in [1.807, 2.05) is 0 Å². The van der Waals surface area contributed by atoms with E-state index < -0.39 is 0 Å². The lowest BCUT2D eigenvalue weighted by atomic mass is 10.0. The first-order valence-electron chi connectivity index (χ1n) is 5.45. The summed E-state index contributed by atoms with van der Waals surface area (Å²) in [4.78, 5) is 13.0. The third kappa shape index (κ3) is 1.99. The van der Waals surface area contributed by atoms with Crippen molar-refractivity contribution in [2.24, 2.45) is 0 Å². The van der Waals surface area contributed by atoms with Gasteiger partial charge in [0.1, 0.15) is 11.6 Å². The molecule has 2 aromatic rings. The Balaban J connectivity index is 2.01. The molecule has 0 atom stereocenters. The van der Waals surface area contributed by atoms with E-state index in [1.165, 1.54) is 23.9 Å². The van der Waals surface area contributed by atoms with Crippen molar-refractivity contribution in [2.75, 3.05) is 5.75 Å². The Bertz CT molecular complexity index is 629. The Kier molecular flexibility index (Phi) is 2.80. The molecule has 0 saturated heterocycles. The van der Waals surface area contributed by atoms with Gasteiger partial charge >= 0.3 is 0 Å². The molecule has 0 bridgehead atoms. The lowest BCUT2D eigenvalue weighted by Crippen LogP contribution is -2.12. The van der Waals surface area contributed by atoms with Crippen LogP contribution in [0.5, 0.6) is 0 Å². The molecule has 0 fully saturated rings. The van der Waals surface area contributed by atoms with Crippen LogP contribution in [0, 0.1) is 5.82 Å². The second-order valence-electron chi connectivity index (χ2n) is 3.94. The largest absolute Gasteiger partial charge is 0.465 e. The Morgan fingerprint density at radius 2 is 2.22 bits per heavy atom. The van der Waals surface area contributed by atoms with Crippen molar-refractivity contribution in [3.63, 3.8) is 0 Å². The van der Waals surface area contributed by atoms with Crippen molar-refractivity contribution in [3.05, 3.63) is 59.3 Å². The van der Waals surface area contributed by atoms with Crippen molar-refractivity contribution in [3.8, 4) is 0 Å². The first-order valence-corrected chi connectivity index (χ1v) is 6.44. The van der Waals surface area contributed by atoms with Crippen LogP contribution in [0.1, 0.15) is 16.1 Å². The molecule has 1 aliphatic heterocycles. The van der Waals surface area contributed by atoms with Crippen molar-refractivity contribution in [2.45, 2.75) is 4.90 Å². The Morgan fingerprint density at radius 3 is 3.00 bits per heavy atom. The molecule has 0 aliphatic carbocycles. The normalized spacial score (nSPS) is 16.9. The summed E-state index contributed by atoms with van der Waals surface area (Å²) < 4.78 is 18.4. The molecule has 1 aliphatic rings. The molecule has 0 unspecified atom stereocenters. The van der Waals surface area contributed by atoms with Gasteiger partial charge in [0, 0.05) is 21.8 Å². The minimum Gasteiger partial charge on any atom is -0.465 e. The molecular formula is C14H9FO2S. The van der Waals surface area contributed by atoms with E-state index in [-0.39, 0.29) is 11.6 Å². The zero-order valence-corrected chi connectivity index (χ0v) is 10.2. The van der Waals surface area contributed by atoms with Crippen LogP contribution in [0.2, 0.25) is 0 Å². The fourth-order valence-corrected chi connectivity index (χ4v) is 2.85. The highest BCUT2D eigenvalue weighted by Crippen LogP contribution is 2.33. The zero-order valence-electron chi connectivity index (χ0n) is 9.35. The van der Waals surface area contributed by atoms with E-state index in [1.54, 1.807) is 30.5 Å². The van der Waals surface area contributed by atoms with E-state index in [0.29, 0.717) is 22.6 Å². The Labute approximate surface area is 107 Å². The van der Waals surface area contributed by atoms with Crippen LogP contribution in [0.3, 0.4) is 0 Å². The highest BCUT2D eigenvalue weighted by molar-refractivity contribution is 7.99. The predicted octanol–water partition coefficient (Wildman–Crippen LogP) is 3.79. The molecule has 3 rings (SSSR count). The SMILES string of the molecule is O=C1C(=Cc2ccco2)CSc2ccc(F)cc21. The number of hydrogen-bond donors (Lipinski definition) is 0. The second-order valence-corrected chi connectivity index (χ2v) is 4.96. The summed E-state index contributed by atoms with van der Waals surface area (Å²) >= 11 is 1.53. The monoisotopic (exact) mass is 260 g/mol. The van der Waals surface area contributed by atoms with Gasteiger partial charge in [-0.1, -0.05) is 0 Å². The summed E-state index contributed by atoms with van der Waals surface area (Å²) in [6, 6.07) is 7.86. The van der Waals surface area contributed by atoms with Gasteiger partial charge in [-0.3, -0.25) is 4.79 Å². The van der Waals surface area contributed by atoms with Crippen LogP contribution >= 0.6 is 11.8 Å². The lowest BCUT2D eigenvalue weighted by molar-refractivity contribution is 0.103. The van der Waals surface area contributed by atoms with Crippen LogP contribution in [-0.4, -0.2) is 11.5 Å². The maximum Gasteiger partial charge on any atom is 0.191 e. The molecule has 1 aromatic carbocycles. The average molecular weight is 260 g/mol. The molecule has 0 radical (unpaired) electrons. The van der Waals surface area contributed by atoms with E-state index in [9.17, 15) is 9.18 Å². The number of furan rings is 1. The number of halogens is 1. The smallest absolute Gasteiger partial charge is 0.191 e. The van der Waals surface area contributed by atoms with Crippen molar-refractivity contribution >= 4 is 23.6 Å². The lowest BCUT2D eigenvalue weighted by Gasteiger charge is -2.16. The number of benzene rings is 1. The van der Waals surface area contributed by atoms with Crippen LogP contribution < -0.4 is 0 Å². The standard InChI is InChI=1S/C14H9FO2S/c15-10-3-4-13-12(7-10)14(16)9(8-18-13)6-11-2-1-5-17-11/h1-7H,8H2. The summed E-state index contributed by atoms with van der Waals surface area (Å²) in [5, 5.41) is 0. The molecule has 18 heavy (non-hydrogen) atoms. The maximum atomic E-state index is 13.2. The van der Waals surface area contributed by atoms with Gasteiger partial charge in [-0.15, -0.1) is 11.8 Å². The van der Waals surface area contributed by atoms with Gasteiger partial charge in [-0.2, -0.15) is 0 Å². The number of thioether (sulfide) groups is 1. The first-order chi connectivity index (χ1) is 8.74. The zero-order chi connectivity index (χ0) is 12.5. The number of Topliss-reactive ketones (excluding diaryl/α,β-unsaturated/α-hetero) is 1. The summed E-state index contributed by atoms with van der Waals surface area (Å²) in [6.45, 7) is 0. The topological polar surface area (TPSA) is 30.2 Å². The van der Waals surface area contributed by atoms with E-state index in [0.717, 1.165) is 4.90 Å². The predicted molar refractivity (Wildman–Crippen MR) is 68.1 cm³/mol. The third-order valence-electron chi connectivity index (χ3n) is 2.72. The van der Waals surface area contributed by atoms with Crippen LogP contribution in [0.25, 0.3) is 6.08 Å². The summed E-state index contributed by atoms with van der Waals surface area (Å²) in [7, 11) is 0. The van der Waals surface area contributed by atoms with E-state index in [4.69, 9.17) is 4.42 Å². The molecule has 0 spiro atoms. The van der Waals surface area contributed by atoms with Crippen LogP contribution in [0.15, 0.2) is 51.5 Å². The van der Waals surface area contributed by atoms with Crippen molar-refractivity contribution in [1.29, 1.82) is 0 Å². The molecular weight excluding hydrogens is 251 g/mol. The number of rotatable bonds is 1. The van der Waals surface area contributed by atoms with Gasteiger partial charge in [0.15, 0.2) is 5.78 Å². The molecule has 2 nitrogen and oxygen atoms in total. The summed E-state index contributed by atoms with van der Waals surface area (Å²) in [5.74, 6) is 0.707. The number of fused-ring (bicyclic) bond motifs is 1. The quantitative estimate of drug-likeness (QED) is 0.731. The van der Waals surface area contributed by atoms with Gasteiger partial charge in [0.25, 0.3) is 0 Å². The van der Waals surface area contributed by atoms with Crippen molar-refractivity contribution in [1.82, 2.24) is 0 Å². The van der Waals surface area contributed by atoms with Gasteiger partial charge in [-0.05, 0) is 36.4 Å². The van der Waals surface area contributed by atoms with Crippen LogP contribution in [0.4, 0.5) is 4.39 Å². The van der Waals surface area contributed by atoms with E-state index in [2.05, 4.69) is 0 Å². The molecule has 4 heteroatoms. The second kappa shape index (κ2) is 4.46. The third-order valence-corrected chi connectivity index (χ3v) is 3.84. The molecule has 90 valence electrons. The van der Waals surface area contributed by atoms with Gasteiger partial charge in [0.2, 0.25) is 0 Å². The minimum atomic E-state index is -0.387. The van der Waals surface area contributed by atoms with Gasteiger partial charge in [0.05, 0.1) is 6.26 Å². The van der Waals surface area contributed by atoms with Gasteiger partial charge < -0.3 is 4.42 Å². The first kappa shape index (κ1) is 11.3. The van der Waals surface area contributed by atoms with Crippen LogP contribution in [-0.2, 0) is 0 Å². The highest BCUT2D eigenvalue weighted by Gasteiger charge is 2.23. The average Bonchev–Trinajstić information content (AvgIpc) is 2.86. The summed E-state index contributed by atoms with van der Waals surface area (Å²) in [6.07, 6.45) is 3.27. The van der Waals surface area contributed by atoms with Gasteiger partial charge in [-0.25, -0.2) is 4.39 Å². The number of hydrogen-bond acceptors (Lipinski definition) is 3. The number of ketones is 1. The van der Waals surface area contributed by atoms with Crippen molar-refractivity contribution < 1.29 is 13.6 Å². The number of carbonyl (C=O) groups is 1. The Morgan fingerprint density at radius 1 is 1.33 bits per heavy atom. The highest BCUT2D eigenvalue weighted by atomic mass is 32.2.